The Morgan fingerprint density at radius 2 is 2.28 bits per heavy atom. The van der Waals surface area contributed by atoms with Gasteiger partial charge >= 0.3 is 7.82 Å². The smallest absolute Gasteiger partial charge is 0.393 e. The lowest BCUT2D eigenvalue weighted by atomic mass is 10.1. The fourth-order valence-corrected chi connectivity index (χ4v) is 3.99. The van der Waals surface area contributed by atoms with Gasteiger partial charge in [-0.2, -0.15) is 0 Å². The molecule has 0 radical (unpaired) electrons. The second-order valence-corrected chi connectivity index (χ2v) is 7.17. The maximum Gasteiger partial charge on any atom is 0.472 e. The molecule has 0 aromatic carbocycles. The number of aliphatic hydroxyl groups excluding tert-OH is 2. The van der Waals surface area contributed by atoms with Crippen molar-refractivity contribution in [3.05, 3.63) is 12.7 Å². The molecule has 0 spiro atoms. The van der Waals surface area contributed by atoms with E-state index in [1.165, 1.54) is 17.2 Å². The van der Waals surface area contributed by atoms with Crippen LogP contribution >= 0.6 is 7.82 Å². The van der Waals surface area contributed by atoms with Crippen molar-refractivity contribution in [1.82, 2.24) is 14.5 Å². The summed E-state index contributed by atoms with van der Waals surface area (Å²) in [5.74, 6) is 0.308. The van der Waals surface area contributed by atoms with Crippen LogP contribution in [0.1, 0.15) is 6.23 Å². The molecule has 2 aromatic heterocycles. The van der Waals surface area contributed by atoms with Crippen LogP contribution < -0.4 is 10.3 Å². The number of fused-ring (bicyclic) bond motifs is 2. The monoisotopic (exact) mass is 374 g/mol. The summed E-state index contributed by atoms with van der Waals surface area (Å²) in [5, 5.41) is 19.5. The predicted octanol–water partition coefficient (Wildman–Crippen LogP) is -1.93. The average Bonchev–Trinajstić information content (AvgIpc) is 3.12. The lowest BCUT2D eigenvalue weighted by Crippen LogP contribution is -2.39. The summed E-state index contributed by atoms with van der Waals surface area (Å²) in [7, 11) is -4.20. The third-order valence-electron chi connectivity index (χ3n) is 4.22. The Labute approximate surface area is 141 Å². The van der Waals surface area contributed by atoms with Crippen LogP contribution in [0.4, 0.5) is 5.82 Å². The zero-order valence-corrected chi connectivity index (χ0v) is 13.8. The van der Waals surface area contributed by atoms with E-state index in [1.54, 1.807) is 4.57 Å². The van der Waals surface area contributed by atoms with E-state index >= 15 is 0 Å². The summed E-state index contributed by atoms with van der Waals surface area (Å²) in [6.07, 6.45) is -1.01. The number of nitrogens with two attached hydrogens (primary N) is 1. The Balaban J connectivity index is 1.69. The van der Waals surface area contributed by atoms with Gasteiger partial charge in [-0.25, -0.2) is 14.1 Å². The molecule has 2 aliphatic heterocycles. The minimum atomic E-state index is -4.20. The third kappa shape index (κ3) is 2.72. The lowest BCUT2D eigenvalue weighted by Gasteiger charge is -2.27. The van der Waals surface area contributed by atoms with Gasteiger partial charge in [-0.1, -0.05) is 4.98 Å². The number of hydrogen-bond acceptors (Lipinski definition) is 9. The van der Waals surface area contributed by atoms with E-state index < -0.39 is 32.4 Å². The molecule has 136 valence electrons. The summed E-state index contributed by atoms with van der Waals surface area (Å²) in [6, 6.07) is 0. The van der Waals surface area contributed by atoms with Crippen molar-refractivity contribution >= 4 is 24.8 Å². The van der Waals surface area contributed by atoms with Gasteiger partial charge in [-0.3, -0.25) is 13.6 Å². The van der Waals surface area contributed by atoms with Gasteiger partial charge in [0.15, 0.2) is 11.7 Å². The van der Waals surface area contributed by atoms with Crippen molar-refractivity contribution < 1.29 is 38.0 Å². The number of anilines is 1. The number of ether oxygens (including phenoxy) is 1. The number of nitrogens with zero attached hydrogens (tertiary/aromatic N) is 4. The number of phosphoric ester groups is 1. The van der Waals surface area contributed by atoms with E-state index in [0.717, 1.165) is 0 Å². The second-order valence-electron chi connectivity index (χ2n) is 5.76. The Hall–Kier alpha value is -1.66. The van der Waals surface area contributed by atoms with E-state index in [1.807, 2.05) is 0 Å². The maximum atomic E-state index is 11.5. The van der Waals surface area contributed by atoms with E-state index in [9.17, 15) is 14.6 Å². The molecule has 4 heterocycles. The molecular formula is C12H17N5O7P+. The van der Waals surface area contributed by atoms with Gasteiger partial charge in [0.05, 0.1) is 19.8 Å². The first-order valence-corrected chi connectivity index (χ1v) is 9.01. The normalized spacial score (nSPS) is 35.2. The van der Waals surface area contributed by atoms with Crippen LogP contribution in [0.5, 0.6) is 0 Å². The van der Waals surface area contributed by atoms with Crippen molar-refractivity contribution in [3.63, 3.8) is 0 Å². The molecule has 5 atom stereocenters. The predicted molar refractivity (Wildman–Crippen MR) is 79.8 cm³/mol. The van der Waals surface area contributed by atoms with Gasteiger partial charge in [-0.15, -0.1) is 0 Å². The number of rotatable bonds is 3. The van der Waals surface area contributed by atoms with Gasteiger partial charge < -0.3 is 25.6 Å². The van der Waals surface area contributed by atoms with Crippen LogP contribution in [-0.2, 0) is 24.9 Å². The van der Waals surface area contributed by atoms with E-state index in [0.29, 0.717) is 17.0 Å². The van der Waals surface area contributed by atoms with Crippen LogP contribution in [0.3, 0.4) is 0 Å². The largest absolute Gasteiger partial charge is 0.472 e. The molecule has 12 nitrogen and oxygen atoms in total. The molecule has 0 aliphatic carbocycles. The standard InChI is InChI=1S/C12H16N5O7P/c13-10-7-11(15-4-16(10)1-2-18)17(5-14-7)12-8(19)9-6(23-12)3-22-25(20,21)24-9/h4-6,8-9,12-13,18-19H,1-3H2,(H,20,21)/p+1/t6-,8-,9-,12-/m1/s1. The summed E-state index contributed by atoms with van der Waals surface area (Å²) in [6.45, 7) is -0.00880. The summed E-state index contributed by atoms with van der Waals surface area (Å²) < 4.78 is 29.9. The minimum Gasteiger partial charge on any atom is -0.393 e. The number of aromatic nitrogens is 4. The number of nitrogen functional groups attached to an aromatic ring is 1. The lowest BCUT2D eigenvalue weighted by molar-refractivity contribution is -0.685. The molecule has 25 heavy (non-hydrogen) atoms. The van der Waals surface area contributed by atoms with Gasteiger partial charge in [0.1, 0.15) is 24.6 Å². The maximum absolute atomic E-state index is 11.5. The van der Waals surface area contributed by atoms with Gasteiger partial charge in [0.25, 0.3) is 5.82 Å². The van der Waals surface area contributed by atoms with E-state index in [4.69, 9.17) is 24.6 Å². The molecule has 0 saturated carbocycles. The summed E-state index contributed by atoms with van der Waals surface area (Å²) in [4.78, 5) is 17.9. The van der Waals surface area contributed by atoms with Gasteiger partial charge in [-0.05, 0) is 0 Å². The summed E-state index contributed by atoms with van der Waals surface area (Å²) in [5.41, 5.74) is 6.77. The number of phosphoric acid groups is 1. The molecule has 2 aliphatic rings. The Morgan fingerprint density at radius 1 is 1.48 bits per heavy atom. The van der Waals surface area contributed by atoms with Crippen LogP contribution in [-0.4, -0.2) is 61.2 Å². The Kier molecular flexibility index (Phi) is 4.00. The highest BCUT2D eigenvalue weighted by molar-refractivity contribution is 7.47. The molecular weight excluding hydrogens is 357 g/mol. The van der Waals surface area contributed by atoms with Crippen LogP contribution in [0.2, 0.25) is 0 Å². The molecule has 5 N–H and O–H groups in total. The van der Waals surface area contributed by atoms with Crippen LogP contribution in [0.25, 0.3) is 11.2 Å². The first kappa shape index (κ1) is 16.8. The van der Waals surface area contributed by atoms with E-state index in [2.05, 4.69) is 9.97 Å². The molecule has 0 amide bonds. The van der Waals surface area contributed by atoms with E-state index in [-0.39, 0.29) is 19.8 Å². The fraction of sp³-hybridized carbons (Fsp3) is 0.583. The minimum absolute atomic E-state index is 0.102. The van der Waals surface area contributed by atoms with Crippen molar-refractivity contribution in [2.45, 2.75) is 31.1 Å². The van der Waals surface area contributed by atoms with Crippen molar-refractivity contribution in [2.24, 2.45) is 0 Å². The average molecular weight is 374 g/mol. The van der Waals surface area contributed by atoms with Crippen molar-refractivity contribution in [1.29, 1.82) is 0 Å². The van der Waals surface area contributed by atoms with Crippen molar-refractivity contribution in [3.8, 4) is 0 Å². The highest BCUT2D eigenvalue weighted by Crippen LogP contribution is 2.52. The zero-order chi connectivity index (χ0) is 17.8. The molecule has 2 fully saturated rings. The topological polar surface area (TPSA) is 166 Å². The molecule has 0 bridgehead atoms. The molecule has 2 aromatic rings. The third-order valence-corrected chi connectivity index (χ3v) is 5.21. The molecule has 13 heteroatoms. The SMILES string of the molecule is Nc1c2ncn([C@@H]3O[C@@H]4COP(=O)(O)O[C@H]4[C@H]3O)c2nc[n+]1CCO. The summed E-state index contributed by atoms with van der Waals surface area (Å²) >= 11 is 0. The molecule has 4 rings (SSSR count). The van der Waals surface area contributed by atoms with Crippen LogP contribution in [0, 0.1) is 0 Å². The van der Waals surface area contributed by atoms with Gasteiger partial charge in [0, 0.05) is 0 Å². The first-order chi connectivity index (χ1) is 11.9. The second kappa shape index (κ2) is 5.95. The molecule has 2 saturated heterocycles. The van der Waals surface area contributed by atoms with Crippen molar-refractivity contribution in [2.75, 3.05) is 18.9 Å². The Bertz CT molecular complexity index is 860. The number of aliphatic hydroxyl groups is 2. The highest BCUT2D eigenvalue weighted by atomic mass is 31.2. The number of imidazole rings is 1. The Morgan fingerprint density at radius 3 is 3.04 bits per heavy atom. The molecule has 1 unspecified atom stereocenters. The van der Waals surface area contributed by atoms with Gasteiger partial charge in [0.2, 0.25) is 12.0 Å². The highest BCUT2D eigenvalue weighted by Gasteiger charge is 2.52. The first-order valence-electron chi connectivity index (χ1n) is 7.52. The fourth-order valence-electron chi connectivity index (χ4n) is 3.02. The number of hydrogen-bond donors (Lipinski definition) is 4. The van der Waals surface area contributed by atoms with Crippen LogP contribution in [0.15, 0.2) is 12.7 Å². The quantitative estimate of drug-likeness (QED) is 0.351. The zero-order valence-electron chi connectivity index (χ0n) is 12.9.